The first-order chi connectivity index (χ1) is 8.54. The Bertz CT molecular complexity index is 391. The molecule has 1 rings (SSSR count). The number of benzene rings is 1. The first-order valence-corrected chi connectivity index (χ1v) is 6.25. The lowest BCUT2D eigenvalue weighted by Gasteiger charge is -2.15. The molecule has 0 saturated heterocycles. The highest BCUT2D eigenvalue weighted by atomic mass is 16.5. The number of ether oxygens (including phenoxy) is 1. The van der Waals surface area contributed by atoms with E-state index >= 15 is 0 Å². The number of hydrogen-bond donors (Lipinski definition) is 2. The number of amides is 1. The predicted molar refractivity (Wildman–Crippen MR) is 73.1 cm³/mol. The third kappa shape index (κ3) is 4.37. The Balaban J connectivity index is 2.72. The molecule has 0 bridgehead atoms. The van der Waals surface area contributed by atoms with Crippen molar-refractivity contribution in [2.24, 2.45) is 0 Å². The zero-order valence-corrected chi connectivity index (χ0v) is 11.5. The highest BCUT2D eigenvalue weighted by molar-refractivity contribution is 5.96. The van der Waals surface area contributed by atoms with Crippen molar-refractivity contribution in [2.75, 3.05) is 13.6 Å². The van der Waals surface area contributed by atoms with Crippen LogP contribution in [0.4, 0.5) is 0 Å². The van der Waals surface area contributed by atoms with Crippen molar-refractivity contribution in [2.45, 2.75) is 32.9 Å². The minimum absolute atomic E-state index is 0.0511. The van der Waals surface area contributed by atoms with Crippen LogP contribution < -0.4 is 15.4 Å². The molecule has 100 valence electrons. The van der Waals surface area contributed by atoms with Gasteiger partial charge in [0.05, 0.1) is 11.7 Å². The predicted octanol–water partition coefficient (Wildman–Crippen LogP) is 1.81. The second-order valence-electron chi connectivity index (χ2n) is 4.56. The van der Waals surface area contributed by atoms with Crippen molar-refractivity contribution in [1.29, 1.82) is 0 Å². The highest BCUT2D eigenvalue weighted by Crippen LogP contribution is 2.19. The Morgan fingerprint density at radius 3 is 2.56 bits per heavy atom. The Morgan fingerprint density at radius 1 is 1.28 bits per heavy atom. The molecule has 4 nitrogen and oxygen atoms in total. The van der Waals surface area contributed by atoms with Crippen molar-refractivity contribution in [3.8, 4) is 5.75 Å². The fourth-order valence-corrected chi connectivity index (χ4v) is 1.45. The van der Waals surface area contributed by atoms with Crippen LogP contribution in [0, 0.1) is 0 Å². The molecular weight excluding hydrogens is 228 g/mol. The number of likely N-dealkylation sites (N-methyl/N-ethyl adjacent to an activating group) is 1. The first kappa shape index (κ1) is 14.5. The van der Waals surface area contributed by atoms with Crippen molar-refractivity contribution in [1.82, 2.24) is 10.6 Å². The van der Waals surface area contributed by atoms with Crippen molar-refractivity contribution < 1.29 is 9.53 Å². The van der Waals surface area contributed by atoms with E-state index in [4.69, 9.17) is 4.74 Å². The average Bonchev–Trinajstić information content (AvgIpc) is 2.35. The summed E-state index contributed by atoms with van der Waals surface area (Å²) in [5.74, 6) is 0.524. The van der Waals surface area contributed by atoms with Crippen molar-refractivity contribution in [3.05, 3.63) is 29.8 Å². The highest BCUT2D eigenvalue weighted by Gasteiger charge is 2.13. The van der Waals surface area contributed by atoms with Gasteiger partial charge in [0.2, 0.25) is 0 Å². The first-order valence-electron chi connectivity index (χ1n) is 6.25. The number of nitrogens with one attached hydrogen (secondary N) is 2. The van der Waals surface area contributed by atoms with Gasteiger partial charge in [-0.15, -0.1) is 0 Å². The van der Waals surface area contributed by atoms with E-state index in [2.05, 4.69) is 10.6 Å². The molecule has 4 heteroatoms. The second kappa shape index (κ2) is 7.01. The largest absolute Gasteiger partial charge is 0.490 e. The van der Waals surface area contributed by atoms with Crippen LogP contribution in [0.25, 0.3) is 0 Å². The normalized spacial score (nSPS) is 12.3. The Hall–Kier alpha value is -1.55. The molecule has 0 aliphatic rings. The molecule has 0 aliphatic carbocycles. The van der Waals surface area contributed by atoms with Gasteiger partial charge in [-0.1, -0.05) is 12.1 Å². The van der Waals surface area contributed by atoms with E-state index < -0.39 is 0 Å². The molecule has 0 radical (unpaired) electrons. The number of hydrogen-bond acceptors (Lipinski definition) is 3. The van der Waals surface area contributed by atoms with Crippen LogP contribution in [0.2, 0.25) is 0 Å². The summed E-state index contributed by atoms with van der Waals surface area (Å²) in [6, 6.07) is 7.54. The quantitative estimate of drug-likeness (QED) is 0.809. The van der Waals surface area contributed by atoms with Gasteiger partial charge in [-0.05, 0) is 40.0 Å². The lowest BCUT2D eigenvalue weighted by molar-refractivity contribution is 0.0944. The molecule has 1 aromatic rings. The van der Waals surface area contributed by atoms with Crippen LogP contribution in [0.1, 0.15) is 31.1 Å². The van der Waals surface area contributed by atoms with Crippen LogP contribution in [0.15, 0.2) is 24.3 Å². The lowest BCUT2D eigenvalue weighted by Crippen LogP contribution is -2.37. The number of carbonyl (C=O) groups excluding carboxylic acids is 1. The second-order valence-corrected chi connectivity index (χ2v) is 4.56. The third-order valence-corrected chi connectivity index (χ3v) is 2.56. The maximum absolute atomic E-state index is 12.0. The van der Waals surface area contributed by atoms with E-state index in [9.17, 15) is 4.79 Å². The van der Waals surface area contributed by atoms with Crippen LogP contribution in [-0.4, -0.2) is 31.6 Å². The molecule has 18 heavy (non-hydrogen) atoms. The van der Waals surface area contributed by atoms with E-state index in [1.165, 1.54) is 0 Å². The number of para-hydroxylation sites is 1. The van der Waals surface area contributed by atoms with Gasteiger partial charge in [-0.25, -0.2) is 0 Å². The molecule has 2 N–H and O–H groups in total. The Kier molecular flexibility index (Phi) is 5.65. The lowest BCUT2D eigenvalue weighted by atomic mass is 10.2. The van der Waals surface area contributed by atoms with E-state index in [1.54, 1.807) is 6.07 Å². The van der Waals surface area contributed by atoms with E-state index in [-0.39, 0.29) is 18.1 Å². The topological polar surface area (TPSA) is 50.4 Å². The summed E-state index contributed by atoms with van der Waals surface area (Å²) in [7, 11) is 1.87. The van der Waals surface area contributed by atoms with Gasteiger partial charge in [0, 0.05) is 12.6 Å². The maximum Gasteiger partial charge on any atom is 0.255 e. The molecule has 0 heterocycles. The summed E-state index contributed by atoms with van der Waals surface area (Å²) >= 11 is 0. The summed E-state index contributed by atoms with van der Waals surface area (Å²) < 4.78 is 5.62. The number of rotatable bonds is 6. The molecule has 0 aliphatic heterocycles. The zero-order chi connectivity index (χ0) is 13.5. The van der Waals surface area contributed by atoms with E-state index in [1.807, 2.05) is 46.0 Å². The third-order valence-electron chi connectivity index (χ3n) is 2.56. The van der Waals surface area contributed by atoms with Gasteiger partial charge < -0.3 is 15.4 Å². The number of carbonyl (C=O) groups is 1. The molecule has 0 spiro atoms. The van der Waals surface area contributed by atoms with Crippen LogP contribution in [-0.2, 0) is 0 Å². The molecule has 1 unspecified atom stereocenters. The summed E-state index contributed by atoms with van der Waals surface area (Å²) in [6.45, 7) is 6.48. The molecule has 1 aromatic carbocycles. The molecule has 1 amide bonds. The van der Waals surface area contributed by atoms with Gasteiger partial charge >= 0.3 is 0 Å². The van der Waals surface area contributed by atoms with E-state index in [0.29, 0.717) is 17.9 Å². The minimum Gasteiger partial charge on any atom is -0.490 e. The minimum atomic E-state index is -0.103. The fourth-order valence-electron chi connectivity index (χ4n) is 1.45. The Labute approximate surface area is 109 Å². The average molecular weight is 250 g/mol. The summed E-state index contributed by atoms with van der Waals surface area (Å²) in [5.41, 5.74) is 0.578. The van der Waals surface area contributed by atoms with Crippen molar-refractivity contribution >= 4 is 5.91 Å². The van der Waals surface area contributed by atoms with Crippen molar-refractivity contribution in [3.63, 3.8) is 0 Å². The summed E-state index contributed by atoms with van der Waals surface area (Å²) in [6.07, 6.45) is 0.0511. The molecule has 0 fully saturated rings. The smallest absolute Gasteiger partial charge is 0.255 e. The van der Waals surface area contributed by atoms with Crippen LogP contribution in [0.3, 0.4) is 0 Å². The monoisotopic (exact) mass is 250 g/mol. The van der Waals surface area contributed by atoms with Gasteiger partial charge in [0.15, 0.2) is 0 Å². The Morgan fingerprint density at radius 2 is 1.94 bits per heavy atom. The fraction of sp³-hybridized carbons (Fsp3) is 0.500. The van der Waals surface area contributed by atoms with Gasteiger partial charge in [-0.2, -0.15) is 0 Å². The van der Waals surface area contributed by atoms with Gasteiger partial charge in [-0.3, -0.25) is 4.79 Å². The van der Waals surface area contributed by atoms with Crippen LogP contribution in [0.5, 0.6) is 5.75 Å². The molecule has 0 aromatic heterocycles. The van der Waals surface area contributed by atoms with Gasteiger partial charge in [0.25, 0.3) is 5.91 Å². The summed E-state index contributed by atoms with van der Waals surface area (Å²) in [4.78, 5) is 12.0. The molecule has 0 saturated carbocycles. The van der Waals surface area contributed by atoms with Crippen LogP contribution >= 0.6 is 0 Å². The molecule has 1 atom stereocenters. The summed E-state index contributed by atoms with van der Waals surface area (Å²) in [5, 5.41) is 5.95. The van der Waals surface area contributed by atoms with Gasteiger partial charge in [0.1, 0.15) is 5.75 Å². The van der Waals surface area contributed by atoms with E-state index in [0.717, 1.165) is 0 Å². The SMILES string of the molecule is CNC(C)CNC(=O)c1ccccc1OC(C)C. The standard InChI is InChI=1S/C14H22N2O2/c1-10(2)18-13-8-6-5-7-12(13)14(17)16-9-11(3)15-4/h5-8,10-11,15H,9H2,1-4H3,(H,16,17). The zero-order valence-electron chi connectivity index (χ0n) is 11.5. The maximum atomic E-state index is 12.0. The molecular formula is C14H22N2O2.